The first-order valence-electron chi connectivity index (χ1n) is 7.27. The Labute approximate surface area is 152 Å². The van der Waals surface area contributed by atoms with Gasteiger partial charge in [0.15, 0.2) is 0 Å². The summed E-state index contributed by atoms with van der Waals surface area (Å²) in [5, 5.41) is 10.2. The molecule has 0 unspecified atom stereocenters. The number of carbonyl (C=O) groups is 1. The number of halogens is 2. The highest BCUT2D eigenvalue weighted by atomic mass is 35.5. The van der Waals surface area contributed by atoms with Gasteiger partial charge in [-0.1, -0.05) is 28.8 Å². The van der Waals surface area contributed by atoms with E-state index < -0.39 is 11.7 Å². The van der Waals surface area contributed by atoms with E-state index in [-0.39, 0.29) is 16.6 Å². The van der Waals surface area contributed by atoms with Crippen molar-refractivity contribution in [2.75, 3.05) is 11.6 Å². The fraction of sp³-hybridized carbons (Fsp3) is 0.118. The zero-order valence-corrected chi connectivity index (χ0v) is 14.7. The molecule has 5 nitrogen and oxygen atoms in total. The summed E-state index contributed by atoms with van der Waals surface area (Å²) in [5.41, 5.74) is 1.14. The number of rotatable bonds is 5. The van der Waals surface area contributed by atoms with Crippen LogP contribution in [-0.4, -0.2) is 22.4 Å². The summed E-state index contributed by atoms with van der Waals surface area (Å²) >= 11 is 7.52. The van der Waals surface area contributed by atoms with Crippen LogP contribution in [0.15, 0.2) is 51.8 Å². The molecule has 0 radical (unpaired) electrons. The first kappa shape index (κ1) is 17.4. The molecule has 3 aromatic rings. The summed E-state index contributed by atoms with van der Waals surface area (Å²) < 4.78 is 18.5. The maximum Gasteiger partial charge on any atom is 0.322 e. The predicted octanol–water partition coefficient (Wildman–Crippen LogP) is 4.43. The standard InChI is InChI=1S/C17H13ClFN3O2S/c1-25-12-5-2-10(3-6-12)8-15-21-22-17(24-15)20-16(23)13-7-4-11(19)9-14(13)18/h2-7,9H,8H2,1H3,(H,20,22,23). The molecule has 25 heavy (non-hydrogen) atoms. The predicted molar refractivity (Wildman–Crippen MR) is 94.7 cm³/mol. The minimum atomic E-state index is -0.551. The highest BCUT2D eigenvalue weighted by Gasteiger charge is 2.15. The quantitative estimate of drug-likeness (QED) is 0.666. The smallest absolute Gasteiger partial charge is 0.322 e. The number of nitrogens with one attached hydrogen (secondary N) is 1. The molecule has 0 saturated heterocycles. The van der Waals surface area contributed by atoms with E-state index in [9.17, 15) is 9.18 Å². The van der Waals surface area contributed by atoms with Crippen LogP contribution in [0, 0.1) is 5.82 Å². The molecule has 1 heterocycles. The Morgan fingerprint density at radius 1 is 1.24 bits per heavy atom. The van der Waals surface area contributed by atoms with E-state index in [1.165, 1.54) is 11.0 Å². The molecule has 2 aromatic carbocycles. The number of hydrogen-bond donors (Lipinski definition) is 1. The molecule has 128 valence electrons. The summed E-state index contributed by atoms with van der Waals surface area (Å²) in [6.07, 6.45) is 2.46. The fourth-order valence-corrected chi connectivity index (χ4v) is 2.79. The van der Waals surface area contributed by atoms with Crippen LogP contribution in [0.2, 0.25) is 5.02 Å². The van der Waals surface area contributed by atoms with Crippen molar-refractivity contribution in [3.05, 3.63) is 70.3 Å². The molecular formula is C17H13ClFN3O2S. The van der Waals surface area contributed by atoms with Crippen molar-refractivity contribution in [1.82, 2.24) is 10.2 Å². The lowest BCUT2D eigenvalue weighted by atomic mass is 10.1. The average molecular weight is 378 g/mol. The van der Waals surface area contributed by atoms with Gasteiger partial charge in [-0.25, -0.2) is 4.39 Å². The maximum absolute atomic E-state index is 13.0. The van der Waals surface area contributed by atoms with Crippen LogP contribution in [0.1, 0.15) is 21.8 Å². The molecule has 0 atom stereocenters. The molecule has 1 amide bonds. The largest absolute Gasteiger partial charge is 0.407 e. The minimum absolute atomic E-state index is 0.00567. The summed E-state index contributed by atoms with van der Waals surface area (Å²) in [4.78, 5) is 13.3. The highest BCUT2D eigenvalue weighted by molar-refractivity contribution is 7.98. The van der Waals surface area contributed by atoms with E-state index in [2.05, 4.69) is 15.5 Å². The lowest BCUT2D eigenvalue weighted by Gasteiger charge is -2.03. The second-order valence-electron chi connectivity index (χ2n) is 5.10. The topological polar surface area (TPSA) is 68.0 Å². The van der Waals surface area contributed by atoms with Gasteiger partial charge < -0.3 is 4.42 Å². The van der Waals surface area contributed by atoms with Gasteiger partial charge in [-0.05, 0) is 42.2 Å². The number of anilines is 1. The summed E-state index contributed by atoms with van der Waals surface area (Å²) in [6, 6.07) is 11.4. The SMILES string of the molecule is CSc1ccc(Cc2nnc(NC(=O)c3ccc(F)cc3Cl)o2)cc1. The number of amides is 1. The van der Waals surface area contributed by atoms with E-state index in [1.807, 2.05) is 30.5 Å². The normalized spacial score (nSPS) is 10.7. The number of aromatic nitrogens is 2. The van der Waals surface area contributed by atoms with Crippen LogP contribution in [-0.2, 0) is 6.42 Å². The third kappa shape index (κ3) is 4.37. The van der Waals surface area contributed by atoms with Gasteiger partial charge in [0.25, 0.3) is 5.91 Å². The van der Waals surface area contributed by atoms with Gasteiger partial charge >= 0.3 is 6.01 Å². The second-order valence-corrected chi connectivity index (χ2v) is 6.39. The van der Waals surface area contributed by atoms with Gasteiger partial charge in [-0.2, -0.15) is 0 Å². The maximum atomic E-state index is 13.0. The van der Waals surface area contributed by atoms with E-state index >= 15 is 0 Å². The number of nitrogens with zero attached hydrogens (tertiary/aromatic N) is 2. The summed E-state index contributed by atoms with van der Waals surface area (Å²) in [7, 11) is 0. The van der Waals surface area contributed by atoms with Crippen molar-refractivity contribution >= 4 is 35.3 Å². The first-order valence-corrected chi connectivity index (χ1v) is 8.87. The van der Waals surface area contributed by atoms with Gasteiger partial charge in [-0.15, -0.1) is 16.9 Å². The Balaban J connectivity index is 1.67. The third-order valence-electron chi connectivity index (χ3n) is 3.38. The van der Waals surface area contributed by atoms with Crippen molar-refractivity contribution in [2.24, 2.45) is 0 Å². The Hall–Kier alpha value is -2.38. The molecule has 0 bridgehead atoms. The van der Waals surface area contributed by atoms with Crippen molar-refractivity contribution in [3.8, 4) is 0 Å². The van der Waals surface area contributed by atoms with Crippen molar-refractivity contribution in [2.45, 2.75) is 11.3 Å². The number of hydrogen-bond acceptors (Lipinski definition) is 5. The Kier molecular flexibility index (Phi) is 5.35. The number of carbonyl (C=O) groups excluding carboxylic acids is 1. The van der Waals surface area contributed by atoms with Crippen molar-refractivity contribution in [1.29, 1.82) is 0 Å². The fourth-order valence-electron chi connectivity index (χ4n) is 2.13. The van der Waals surface area contributed by atoms with Crippen molar-refractivity contribution < 1.29 is 13.6 Å². The van der Waals surface area contributed by atoms with Gasteiger partial charge in [0.2, 0.25) is 5.89 Å². The highest BCUT2D eigenvalue weighted by Crippen LogP contribution is 2.20. The zero-order valence-electron chi connectivity index (χ0n) is 13.1. The van der Waals surface area contributed by atoms with Gasteiger partial charge in [0.05, 0.1) is 17.0 Å². The molecule has 3 rings (SSSR count). The Morgan fingerprint density at radius 3 is 2.68 bits per heavy atom. The molecule has 0 aliphatic heterocycles. The first-order chi connectivity index (χ1) is 12.0. The molecule has 0 saturated carbocycles. The number of benzene rings is 2. The lowest BCUT2D eigenvalue weighted by molar-refractivity contribution is 0.102. The van der Waals surface area contributed by atoms with Gasteiger partial charge in [-0.3, -0.25) is 10.1 Å². The van der Waals surface area contributed by atoms with Gasteiger partial charge in [0, 0.05) is 4.90 Å². The minimum Gasteiger partial charge on any atom is -0.407 e. The average Bonchev–Trinajstić information content (AvgIpc) is 3.02. The van der Waals surface area contributed by atoms with Crippen LogP contribution < -0.4 is 5.32 Å². The zero-order chi connectivity index (χ0) is 17.8. The molecule has 1 N–H and O–H groups in total. The van der Waals surface area contributed by atoms with Crippen LogP contribution in [0.3, 0.4) is 0 Å². The molecular weight excluding hydrogens is 365 g/mol. The lowest BCUT2D eigenvalue weighted by Crippen LogP contribution is -2.12. The van der Waals surface area contributed by atoms with E-state index in [0.717, 1.165) is 17.7 Å². The second kappa shape index (κ2) is 7.67. The number of thioether (sulfide) groups is 1. The Morgan fingerprint density at radius 2 is 2.00 bits per heavy atom. The summed E-state index contributed by atoms with van der Waals surface area (Å²) in [6.45, 7) is 0. The Bertz CT molecular complexity index is 899. The van der Waals surface area contributed by atoms with Crippen LogP contribution in [0.5, 0.6) is 0 Å². The molecule has 0 aliphatic rings. The van der Waals surface area contributed by atoms with E-state index in [0.29, 0.717) is 12.3 Å². The molecule has 0 fully saturated rings. The molecule has 1 aromatic heterocycles. The van der Waals surface area contributed by atoms with Crippen LogP contribution in [0.25, 0.3) is 0 Å². The monoisotopic (exact) mass is 377 g/mol. The molecule has 0 aliphatic carbocycles. The van der Waals surface area contributed by atoms with Crippen LogP contribution in [0.4, 0.5) is 10.4 Å². The molecule has 0 spiro atoms. The van der Waals surface area contributed by atoms with Crippen LogP contribution >= 0.6 is 23.4 Å². The third-order valence-corrected chi connectivity index (χ3v) is 4.43. The van der Waals surface area contributed by atoms with E-state index in [4.69, 9.17) is 16.0 Å². The summed E-state index contributed by atoms with van der Waals surface area (Å²) in [5.74, 6) is -0.698. The molecule has 8 heteroatoms. The van der Waals surface area contributed by atoms with Crippen molar-refractivity contribution in [3.63, 3.8) is 0 Å². The van der Waals surface area contributed by atoms with E-state index in [1.54, 1.807) is 11.8 Å². The van der Waals surface area contributed by atoms with Gasteiger partial charge in [0.1, 0.15) is 5.82 Å².